The van der Waals surface area contributed by atoms with E-state index >= 15 is 0 Å². The summed E-state index contributed by atoms with van der Waals surface area (Å²) in [7, 11) is 0. The Labute approximate surface area is 156 Å². The summed E-state index contributed by atoms with van der Waals surface area (Å²) in [5, 5.41) is 14.7. The average Bonchev–Trinajstić information content (AvgIpc) is 2.95. The van der Waals surface area contributed by atoms with Gasteiger partial charge in [-0.3, -0.25) is 29.4 Å². The van der Waals surface area contributed by atoms with Crippen molar-refractivity contribution in [3.8, 4) is 0 Å². The van der Waals surface area contributed by atoms with Crippen LogP contribution in [0, 0.1) is 0 Å². The van der Waals surface area contributed by atoms with Crippen LogP contribution in [0.5, 0.6) is 0 Å². The monoisotopic (exact) mass is 373 g/mol. The number of rotatable bonds is 2. The second-order valence-electron chi connectivity index (χ2n) is 6.76. The molecule has 0 radical (unpaired) electrons. The third-order valence-corrected chi connectivity index (χ3v) is 4.93. The predicted octanol–water partition coefficient (Wildman–Crippen LogP) is 0.340. The quantitative estimate of drug-likeness (QED) is 0.644. The molecule has 8 nitrogen and oxygen atoms in total. The minimum Gasteiger partial charge on any atom is -0.392 e. The number of imide groups is 2. The van der Waals surface area contributed by atoms with Crippen LogP contribution in [0.4, 0.5) is 0 Å². The lowest BCUT2D eigenvalue weighted by Crippen LogP contribution is -2.54. The molecule has 27 heavy (non-hydrogen) atoms. The van der Waals surface area contributed by atoms with Crippen molar-refractivity contribution in [2.45, 2.75) is 44.8 Å². The molecule has 0 aromatic heterocycles. The van der Waals surface area contributed by atoms with Crippen LogP contribution in [0.3, 0.4) is 0 Å². The SMILES string of the molecule is C1CCNCC1.O=C1CCC(N2C(=O)c3cccc(CO)c3C2=O)C(=O)N1. The molecule has 1 aromatic rings. The number of aliphatic hydroxyl groups excluding tert-OH is 1. The molecule has 2 fully saturated rings. The van der Waals surface area contributed by atoms with E-state index in [0.717, 1.165) is 4.90 Å². The molecule has 2 saturated heterocycles. The first-order valence-corrected chi connectivity index (χ1v) is 9.19. The van der Waals surface area contributed by atoms with E-state index in [2.05, 4.69) is 10.6 Å². The molecule has 0 bridgehead atoms. The first-order chi connectivity index (χ1) is 13.0. The number of nitrogens with zero attached hydrogens (tertiary/aromatic N) is 1. The van der Waals surface area contributed by atoms with Crippen molar-refractivity contribution in [3.05, 3.63) is 34.9 Å². The summed E-state index contributed by atoms with van der Waals surface area (Å²) in [6.45, 7) is 2.13. The molecule has 144 valence electrons. The van der Waals surface area contributed by atoms with E-state index in [-0.39, 0.29) is 30.6 Å². The number of fused-ring (bicyclic) bond motifs is 1. The summed E-state index contributed by atoms with van der Waals surface area (Å²) < 4.78 is 0. The Morgan fingerprint density at radius 1 is 1.04 bits per heavy atom. The molecule has 0 spiro atoms. The number of carbonyl (C=O) groups is 4. The van der Waals surface area contributed by atoms with Crippen molar-refractivity contribution in [1.29, 1.82) is 0 Å². The molecular weight excluding hydrogens is 350 g/mol. The Morgan fingerprint density at radius 2 is 1.78 bits per heavy atom. The fraction of sp³-hybridized carbons (Fsp3) is 0.474. The summed E-state index contributed by atoms with van der Waals surface area (Å²) in [6, 6.07) is 3.63. The van der Waals surface area contributed by atoms with Crippen molar-refractivity contribution in [2.75, 3.05) is 13.1 Å². The second kappa shape index (κ2) is 8.41. The van der Waals surface area contributed by atoms with E-state index in [1.54, 1.807) is 12.1 Å². The van der Waals surface area contributed by atoms with Crippen LogP contribution in [0.1, 0.15) is 58.4 Å². The fourth-order valence-electron chi connectivity index (χ4n) is 3.52. The Morgan fingerprint density at radius 3 is 2.33 bits per heavy atom. The van der Waals surface area contributed by atoms with Crippen molar-refractivity contribution in [1.82, 2.24) is 15.5 Å². The van der Waals surface area contributed by atoms with Gasteiger partial charge in [-0.2, -0.15) is 0 Å². The van der Waals surface area contributed by atoms with Gasteiger partial charge in [0.25, 0.3) is 11.8 Å². The van der Waals surface area contributed by atoms with Crippen LogP contribution < -0.4 is 10.6 Å². The molecule has 3 heterocycles. The van der Waals surface area contributed by atoms with Crippen LogP contribution in [0.25, 0.3) is 0 Å². The van der Waals surface area contributed by atoms with Gasteiger partial charge in [-0.1, -0.05) is 18.6 Å². The Bertz CT molecular complexity index is 761. The highest BCUT2D eigenvalue weighted by atomic mass is 16.3. The van der Waals surface area contributed by atoms with Crippen LogP contribution in [-0.2, 0) is 16.2 Å². The van der Waals surface area contributed by atoms with E-state index in [0.29, 0.717) is 5.56 Å². The van der Waals surface area contributed by atoms with Gasteiger partial charge in [0.15, 0.2) is 0 Å². The number of carbonyl (C=O) groups excluding carboxylic acids is 4. The molecule has 4 rings (SSSR count). The largest absolute Gasteiger partial charge is 0.392 e. The van der Waals surface area contributed by atoms with Gasteiger partial charge in [0.1, 0.15) is 6.04 Å². The molecule has 1 unspecified atom stereocenters. The lowest BCUT2D eigenvalue weighted by atomic mass is 10.0. The molecular formula is C19H23N3O5. The van der Waals surface area contributed by atoms with Crippen LogP contribution in [-0.4, -0.2) is 52.8 Å². The first kappa shape index (κ1) is 19.2. The molecule has 3 aliphatic rings. The molecule has 4 amide bonds. The summed E-state index contributed by atoms with van der Waals surface area (Å²) >= 11 is 0. The van der Waals surface area contributed by atoms with E-state index in [4.69, 9.17) is 0 Å². The molecule has 0 saturated carbocycles. The molecule has 1 aromatic carbocycles. The van der Waals surface area contributed by atoms with Gasteiger partial charge in [0, 0.05) is 6.42 Å². The number of hydrogen-bond donors (Lipinski definition) is 3. The molecule has 8 heteroatoms. The van der Waals surface area contributed by atoms with Crippen molar-refractivity contribution < 1.29 is 24.3 Å². The zero-order chi connectivity index (χ0) is 19.4. The number of amides is 4. The highest BCUT2D eigenvalue weighted by Crippen LogP contribution is 2.29. The third-order valence-electron chi connectivity index (χ3n) is 4.93. The van der Waals surface area contributed by atoms with Crippen LogP contribution in [0.2, 0.25) is 0 Å². The first-order valence-electron chi connectivity index (χ1n) is 9.19. The Balaban J connectivity index is 0.000000299. The Kier molecular flexibility index (Phi) is 5.98. The van der Waals surface area contributed by atoms with Gasteiger partial charge in [-0.15, -0.1) is 0 Å². The van der Waals surface area contributed by atoms with Crippen molar-refractivity contribution in [2.24, 2.45) is 0 Å². The normalized spacial score (nSPS) is 22.1. The standard InChI is InChI=1S/C14H12N2O5.C5H11N/c17-6-7-2-1-3-8-11(7)14(21)16(13(8)20)9-4-5-10(18)15-12(9)19;1-2-4-6-5-3-1/h1-3,9,17H,4-6H2,(H,15,18,19);6H,1-5H2. The van der Waals surface area contributed by atoms with Gasteiger partial charge < -0.3 is 10.4 Å². The van der Waals surface area contributed by atoms with Gasteiger partial charge in [-0.05, 0) is 44.0 Å². The smallest absolute Gasteiger partial charge is 0.262 e. The predicted molar refractivity (Wildman–Crippen MR) is 95.8 cm³/mol. The maximum atomic E-state index is 12.4. The maximum Gasteiger partial charge on any atom is 0.262 e. The maximum absolute atomic E-state index is 12.4. The van der Waals surface area contributed by atoms with E-state index in [9.17, 15) is 24.3 Å². The Hall–Kier alpha value is -2.58. The number of piperidine rings is 2. The molecule has 3 aliphatic heterocycles. The molecule has 0 aliphatic carbocycles. The number of aliphatic hydroxyl groups is 1. The number of benzene rings is 1. The summed E-state index contributed by atoms with van der Waals surface area (Å²) in [6.07, 6.45) is 4.41. The highest BCUT2D eigenvalue weighted by molar-refractivity contribution is 6.24. The summed E-state index contributed by atoms with van der Waals surface area (Å²) in [5.41, 5.74) is 0.659. The summed E-state index contributed by atoms with van der Waals surface area (Å²) in [5.74, 6) is -2.23. The van der Waals surface area contributed by atoms with E-state index in [1.165, 1.54) is 38.4 Å². The van der Waals surface area contributed by atoms with Crippen LogP contribution >= 0.6 is 0 Å². The number of hydrogen-bond acceptors (Lipinski definition) is 6. The molecule has 3 N–H and O–H groups in total. The average molecular weight is 373 g/mol. The molecule has 1 atom stereocenters. The minimum absolute atomic E-state index is 0.0800. The zero-order valence-electron chi connectivity index (χ0n) is 15.0. The van der Waals surface area contributed by atoms with Crippen molar-refractivity contribution >= 4 is 23.6 Å². The van der Waals surface area contributed by atoms with Gasteiger partial charge in [0.2, 0.25) is 11.8 Å². The number of nitrogens with one attached hydrogen (secondary N) is 2. The van der Waals surface area contributed by atoms with Crippen LogP contribution in [0.15, 0.2) is 18.2 Å². The highest BCUT2D eigenvalue weighted by Gasteiger charge is 2.45. The minimum atomic E-state index is -0.985. The lowest BCUT2D eigenvalue weighted by molar-refractivity contribution is -0.136. The lowest BCUT2D eigenvalue weighted by Gasteiger charge is -2.27. The zero-order valence-corrected chi connectivity index (χ0v) is 15.0. The van der Waals surface area contributed by atoms with Gasteiger partial charge in [0.05, 0.1) is 17.7 Å². The second-order valence-corrected chi connectivity index (χ2v) is 6.76. The third kappa shape index (κ3) is 3.91. The fourth-order valence-corrected chi connectivity index (χ4v) is 3.52. The summed E-state index contributed by atoms with van der Waals surface area (Å²) in [4.78, 5) is 48.7. The van der Waals surface area contributed by atoms with Gasteiger partial charge in [-0.25, -0.2) is 0 Å². The van der Waals surface area contributed by atoms with Gasteiger partial charge >= 0.3 is 0 Å². The van der Waals surface area contributed by atoms with Crippen molar-refractivity contribution in [3.63, 3.8) is 0 Å². The topological polar surface area (TPSA) is 116 Å². The van der Waals surface area contributed by atoms with E-state index in [1.807, 2.05) is 0 Å². The van der Waals surface area contributed by atoms with E-state index < -0.39 is 29.7 Å².